The molecule has 5 heteroatoms. The number of halogens is 1. The smallest absolute Gasteiger partial charge is 0.222 e. The molecule has 1 unspecified atom stereocenters. The summed E-state index contributed by atoms with van der Waals surface area (Å²) >= 11 is 0. The van der Waals surface area contributed by atoms with E-state index in [0.29, 0.717) is 12.3 Å². The lowest BCUT2D eigenvalue weighted by molar-refractivity contribution is -0.131. The number of aryl methyl sites for hydroxylation is 1. The van der Waals surface area contributed by atoms with Crippen molar-refractivity contribution in [3.8, 4) is 0 Å². The van der Waals surface area contributed by atoms with E-state index in [1.165, 1.54) is 18.4 Å². The summed E-state index contributed by atoms with van der Waals surface area (Å²) in [5.74, 6) is 1.06. The van der Waals surface area contributed by atoms with Crippen LogP contribution < -0.4 is 5.32 Å². The first kappa shape index (κ1) is 21.2. The zero-order chi connectivity index (χ0) is 17.3. The van der Waals surface area contributed by atoms with Gasteiger partial charge in [-0.05, 0) is 63.1 Å². The van der Waals surface area contributed by atoms with Gasteiger partial charge in [-0.25, -0.2) is 0 Å². The highest BCUT2D eigenvalue weighted by atomic mass is 35.5. The predicted molar refractivity (Wildman–Crippen MR) is 108 cm³/mol. The van der Waals surface area contributed by atoms with E-state index in [2.05, 4.69) is 35.6 Å². The molecule has 1 aromatic rings. The summed E-state index contributed by atoms with van der Waals surface area (Å²) in [7, 11) is 0. The Bertz CT molecular complexity index is 520. The Labute approximate surface area is 164 Å². The van der Waals surface area contributed by atoms with Gasteiger partial charge in [0.15, 0.2) is 0 Å². The van der Waals surface area contributed by atoms with Gasteiger partial charge in [0, 0.05) is 26.1 Å². The molecule has 0 spiro atoms. The first-order chi connectivity index (χ1) is 12.3. The third-order valence-electron chi connectivity index (χ3n) is 5.53. The standard InChI is InChI=1S/C21H32N2O2.ClH/c24-21(9-8-19-10-13-22-14-11-19)23-15-12-20(17-23)25-16-4-7-18-5-2-1-3-6-18;/h1-3,5-6,19-20,22H,4,7-17H2;1H. The van der Waals surface area contributed by atoms with Gasteiger partial charge in [-0.15, -0.1) is 12.4 Å². The number of benzene rings is 1. The van der Waals surface area contributed by atoms with E-state index >= 15 is 0 Å². The van der Waals surface area contributed by atoms with Crippen molar-refractivity contribution in [2.24, 2.45) is 5.92 Å². The highest BCUT2D eigenvalue weighted by molar-refractivity contribution is 5.85. The SMILES string of the molecule is Cl.O=C(CCC1CCNCC1)N1CCC(OCCCc2ccccc2)C1. The molecule has 146 valence electrons. The molecule has 1 N–H and O–H groups in total. The molecule has 2 aliphatic rings. The Morgan fingerprint density at radius 1 is 1.15 bits per heavy atom. The molecular weight excluding hydrogens is 348 g/mol. The average Bonchev–Trinajstić information content (AvgIpc) is 3.14. The van der Waals surface area contributed by atoms with Crippen LogP contribution in [0, 0.1) is 5.92 Å². The van der Waals surface area contributed by atoms with E-state index in [9.17, 15) is 4.79 Å². The van der Waals surface area contributed by atoms with Crippen LogP contribution in [0.2, 0.25) is 0 Å². The van der Waals surface area contributed by atoms with Crippen molar-refractivity contribution in [2.45, 2.75) is 51.0 Å². The van der Waals surface area contributed by atoms with Crippen molar-refractivity contribution in [1.29, 1.82) is 0 Å². The summed E-state index contributed by atoms with van der Waals surface area (Å²) < 4.78 is 6.00. The molecule has 0 saturated carbocycles. The van der Waals surface area contributed by atoms with Crippen LogP contribution in [0.25, 0.3) is 0 Å². The number of hydrogen-bond donors (Lipinski definition) is 1. The number of carbonyl (C=O) groups excluding carboxylic acids is 1. The van der Waals surface area contributed by atoms with E-state index in [-0.39, 0.29) is 18.5 Å². The van der Waals surface area contributed by atoms with Gasteiger partial charge in [0.1, 0.15) is 0 Å². The molecule has 0 radical (unpaired) electrons. The molecule has 2 fully saturated rings. The second kappa shape index (κ2) is 11.6. The first-order valence-electron chi connectivity index (χ1n) is 9.95. The third kappa shape index (κ3) is 6.90. The lowest BCUT2D eigenvalue weighted by Gasteiger charge is -2.23. The van der Waals surface area contributed by atoms with Crippen molar-refractivity contribution in [2.75, 3.05) is 32.8 Å². The number of rotatable bonds is 8. The molecule has 26 heavy (non-hydrogen) atoms. The summed E-state index contributed by atoms with van der Waals surface area (Å²) in [5.41, 5.74) is 1.37. The van der Waals surface area contributed by atoms with E-state index < -0.39 is 0 Å². The van der Waals surface area contributed by atoms with E-state index in [4.69, 9.17) is 4.74 Å². The molecule has 0 aliphatic carbocycles. The van der Waals surface area contributed by atoms with E-state index in [0.717, 1.165) is 64.4 Å². The highest BCUT2D eigenvalue weighted by Crippen LogP contribution is 2.20. The second-order valence-electron chi connectivity index (χ2n) is 7.44. The van der Waals surface area contributed by atoms with Gasteiger partial charge in [0.05, 0.1) is 6.10 Å². The van der Waals surface area contributed by atoms with Crippen LogP contribution >= 0.6 is 12.4 Å². The fraction of sp³-hybridized carbons (Fsp3) is 0.667. The maximum absolute atomic E-state index is 12.4. The van der Waals surface area contributed by atoms with Crippen molar-refractivity contribution < 1.29 is 9.53 Å². The number of hydrogen-bond acceptors (Lipinski definition) is 3. The zero-order valence-electron chi connectivity index (χ0n) is 15.7. The van der Waals surface area contributed by atoms with Crippen LogP contribution in [0.3, 0.4) is 0 Å². The van der Waals surface area contributed by atoms with E-state index in [1.807, 2.05) is 4.90 Å². The molecule has 1 atom stereocenters. The number of piperidine rings is 1. The van der Waals surface area contributed by atoms with Crippen molar-refractivity contribution >= 4 is 18.3 Å². The Kier molecular flexibility index (Phi) is 9.44. The summed E-state index contributed by atoms with van der Waals surface area (Å²) in [4.78, 5) is 14.4. The minimum atomic E-state index is 0. The number of likely N-dealkylation sites (tertiary alicyclic amines) is 1. The zero-order valence-corrected chi connectivity index (χ0v) is 16.5. The molecule has 2 aliphatic heterocycles. The molecule has 0 aromatic heterocycles. The number of amides is 1. The Morgan fingerprint density at radius 2 is 1.92 bits per heavy atom. The lowest BCUT2D eigenvalue weighted by Crippen LogP contribution is -2.32. The van der Waals surface area contributed by atoms with Crippen molar-refractivity contribution in [3.63, 3.8) is 0 Å². The monoisotopic (exact) mass is 380 g/mol. The highest BCUT2D eigenvalue weighted by Gasteiger charge is 2.27. The lowest BCUT2D eigenvalue weighted by atomic mass is 9.93. The van der Waals surface area contributed by atoms with Crippen LogP contribution in [0.1, 0.15) is 44.1 Å². The second-order valence-corrected chi connectivity index (χ2v) is 7.44. The largest absolute Gasteiger partial charge is 0.376 e. The Morgan fingerprint density at radius 3 is 2.69 bits per heavy atom. The molecule has 1 amide bonds. The van der Waals surface area contributed by atoms with Crippen molar-refractivity contribution in [3.05, 3.63) is 35.9 Å². The van der Waals surface area contributed by atoms with Crippen LogP contribution in [0.4, 0.5) is 0 Å². The van der Waals surface area contributed by atoms with E-state index in [1.54, 1.807) is 0 Å². The van der Waals surface area contributed by atoms with Crippen LogP contribution in [-0.4, -0.2) is 49.7 Å². The molecule has 2 saturated heterocycles. The molecular formula is C21H33ClN2O2. The number of carbonyl (C=O) groups is 1. The normalized spacial score (nSPS) is 20.8. The van der Waals surface area contributed by atoms with Crippen LogP contribution in [-0.2, 0) is 16.0 Å². The minimum absolute atomic E-state index is 0. The maximum Gasteiger partial charge on any atom is 0.222 e. The quantitative estimate of drug-likeness (QED) is 0.702. The Hall–Kier alpha value is -1.10. The minimum Gasteiger partial charge on any atom is -0.376 e. The van der Waals surface area contributed by atoms with Crippen molar-refractivity contribution in [1.82, 2.24) is 10.2 Å². The molecule has 0 bridgehead atoms. The average molecular weight is 381 g/mol. The van der Waals surface area contributed by atoms with Gasteiger partial charge < -0.3 is 15.0 Å². The summed E-state index contributed by atoms with van der Waals surface area (Å²) in [6.07, 6.45) is 7.55. The summed E-state index contributed by atoms with van der Waals surface area (Å²) in [6.45, 7) is 4.67. The van der Waals surface area contributed by atoms with Crippen LogP contribution in [0.5, 0.6) is 0 Å². The van der Waals surface area contributed by atoms with Gasteiger partial charge in [0.2, 0.25) is 5.91 Å². The summed E-state index contributed by atoms with van der Waals surface area (Å²) in [5, 5.41) is 3.39. The fourth-order valence-electron chi connectivity index (χ4n) is 3.92. The van der Waals surface area contributed by atoms with Gasteiger partial charge in [-0.2, -0.15) is 0 Å². The predicted octanol–water partition coefficient (Wildman–Crippen LogP) is 3.44. The first-order valence-corrected chi connectivity index (χ1v) is 9.95. The molecule has 3 rings (SSSR count). The van der Waals surface area contributed by atoms with Crippen LogP contribution in [0.15, 0.2) is 30.3 Å². The number of nitrogens with zero attached hydrogens (tertiary/aromatic N) is 1. The topological polar surface area (TPSA) is 41.6 Å². The van der Waals surface area contributed by atoms with Gasteiger partial charge in [-0.3, -0.25) is 4.79 Å². The van der Waals surface area contributed by atoms with Gasteiger partial charge in [-0.1, -0.05) is 30.3 Å². The van der Waals surface area contributed by atoms with Gasteiger partial charge >= 0.3 is 0 Å². The Balaban J connectivity index is 0.00000243. The maximum atomic E-state index is 12.4. The fourth-order valence-corrected chi connectivity index (χ4v) is 3.92. The molecule has 1 aromatic carbocycles. The molecule has 2 heterocycles. The third-order valence-corrected chi connectivity index (χ3v) is 5.53. The number of nitrogens with one attached hydrogen (secondary N) is 1. The molecule has 4 nitrogen and oxygen atoms in total. The van der Waals surface area contributed by atoms with Gasteiger partial charge in [0.25, 0.3) is 0 Å². The number of ether oxygens (including phenoxy) is 1. The summed E-state index contributed by atoms with van der Waals surface area (Å²) in [6, 6.07) is 10.5.